The standard InChI is InChI=1S/C23H26Cl2NOP/c1-26(21-15-9-4-10-16-21)28(27,17-22(24)19-11-5-2-6-12-19)18-23(25)20-13-7-3-8-14-20/h2-3,5-8,11-14,17-18,21H,4,9-10,15-16H2,1H3/b22-17-,23-18+. The van der Waals surface area contributed by atoms with E-state index in [4.69, 9.17) is 23.2 Å². The molecule has 0 radical (unpaired) electrons. The van der Waals surface area contributed by atoms with Crippen LogP contribution in [0.15, 0.2) is 72.3 Å². The highest BCUT2D eigenvalue weighted by Crippen LogP contribution is 2.58. The van der Waals surface area contributed by atoms with Crippen LogP contribution >= 0.6 is 30.5 Å². The van der Waals surface area contributed by atoms with Crippen LogP contribution in [-0.2, 0) is 4.57 Å². The van der Waals surface area contributed by atoms with Gasteiger partial charge in [0.1, 0.15) is 0 Å². The van der Waals surface area contributed by atoms with Crippen molar-refractivity contribution in [2.75, 3.05) is 7.05 Å². The third-order valence-corrected chi connectivity index (χ3v) is 8.82. The summed E-state index contributed by atoms with van der Waals surface area (Å²) in [7, 11) is -1.14. The zero-order valence-corrected chi connectivity index (χ0v) is 18.5. The maximum absolute atomic E-state index is 14.2. The molecule has 0 bridgehead atoms. The van der Waals surface area contributed by atoms with Crippen molar-refractivity contribution in [3.8, 4) is 0 Å². The number of hydrogen-bond acceptors (Lipinski definition) is 1. The SMILES string of the molecule is CN(C1CCCCC1)P(=O)(/C=C(\Cl)c1ccccc1)/C=C(/Cl)c1ccccc1. The Labute approximate surface area is 178 Å². The monoisotopic (exact) mass is 433 g/mol. The molecule has 1 saturated carbocycles. The highest BCUT2D eigenvalue weighted by atomic mass is 35.5. The minimum absolute atomic E-state index is 0.271. The van der Waals surface area contributed by atoms with Crippen molar-refractivity contribution in [1.82, 2.24) is 4.67 Å². The molecule has 28 heavy (non-hydrogen) atoms. The Morgan fingerprint density at radius 2 is 1.29 bits per heavy atom. The van der Waals surface area contributed by atoms with Gasteiger partial charge in [-0.25, -0.2) is 4.67 Å². The summed E-state index contributed by atoms with van der Waals surface area (Å²) in [6, 6.07) is 19.5. The largest absolute Gasteiger partial charge is 0.297 e. The van der Waals surface area contributed by atoms with E-state index in [1.807, 2.05) is 72.4 Å². The highest BCUT2D eigenvalue weighted by Gasteiger charge is 2.31. The van der Waals surface area contributed by atoms with Crippen molar-refractivity contribution in [3.05, 3.63) is 83.4 Å². The van der Waals surface area contributed by atoms with E-state index < -0.39 is 7.29 Å². The highest BCUT2D eigenvalue weighted by molar-refractivity contribution is 7.68. The molecule has 0 aliphatic heterocycles. The lowest BCUT2D eigenvalue weighted by Crippen LogP contribution is -2.30. The summed E-state index contributed by atoms with van der Waals surface area (Å²) in [5, 5.41) is 0.973. The molecule has 3 rings (SSSR count). The Morgan fingerprint density at radius 1 is 0.857 bits per heavy atom. The minimum Gasteiger partial charge on any atom is -0.297 e. The first-order valence-corrected chi connectivity index (χ1v) is 12.3. The van der Waals surface area contributed by atoms with E-state index in [1.165, 1.54) is 19.3 Å². The van der Waals surface area contributed by atoms with Crippen LogP contribution in [0.25, 0.3) is 10.1 Å². The summed E-state index contributed by atoms with van der Waals surface area (Å²) in [6.07, 6.45) is 5.68. The van der Waals surface area contributed by atoms with Crippen molar-refractivity contribution in [2.24, 2.45) is 0 Å². The Hall–Kier alpha value is -1.31. The lowest BCUT2D eigenvalue weighted by atomic mass is 9.96. The smallest absolute Gasteiger partial charge is 0.196 e. The molecular formula is C23H26Cl2NOP. The lowest BCUT2D eigenvalue weighted by molar-refractivity contribution is 0.288. The van der Waals surface area contributed by atoms with Crippen LogP contribution in [0.4, 0.5) is 0 Å². The van der Waals surface area contributed by atoms with Crippen molar-refractivity contribution in [1.29, 1.82) is 0 Å². The Balaban J connectivity index is 2.01. The molecule has 1 fully saturated rings. The fourth-order valence-electron chi connectivity index (χ4n) is 3.60. The molecule has 1 aliphatic rings. The van der Waals surface area contributed by atoms with Crippen LogP contribution in [0.2, 0.25) is 0 Å². The first kappa shape index (κ1) is 21.4. The molecule has 0 spiro atoms. The normalized spacial score (nSPS) is 18.9. The fourth-order valence-corrected chi connectivity index (χ4v) is 6.82. The van der Waals surface area contributed by atoms with Gasteiger partial charge in [0.2, 0.25) is 0 Å². The number of rotatable bonds is 6. The van der Waals surface area contributed by atoms with Gasteiger partial charge in [-0.15, -0.1) is 0 Å². The minimum atomic E-state index is -3.08. The molecule has 0 amide bonds. The number of halogens is 2. The van der Waals surface area contributed by atoms with Gasteiger partial charge >= 0.3 is 0 Å². The molecule has 2 nitrogen and oxygen atoms in total. The third-order valence-electron chi connectivity index (χ3n) is 5.29. The van der Waals surface area contributed by atoms with E-state index >= 15 is 0 Å². The summed E-state index contributed by atoms with van der Waals surface area (Å²) in [6.45, 7) is 0. The van der Waals surface area contributed by atoms with Crippen LogP contribution in [-0.4, -0.2) is 17.8 Å². The van der Waals surface area contributed by atoms with E-state index in [-0.39, 0.29) is 6.04 Å². The number of benzene rings is 2. The zero-order chi connectivity index (χ0) is 20.0. The van der Waals surface area contributed by atoms with Crippen LogP contribution in [0.1, 0.15) is 43.2 Å². The number of nitrogens with zero attached hydrogens (tertiary/aromatic N) is 1. The molecule has 148 valence electrons. The molecule has 1 unspecified atom stereocenters. The zero-order valence-electron chi connectivity index (χ0n) is 16.1. The van der Waals surface area contributed by atoms with Gasteiger partial charge in [-0.3, -0.25) is 4.57 Å². The summed E-state index contributed by atoms with van der Waals surface area (Å²) >= 11 is 13.2. The van der Waals surface area contributed by atoms with Gasteiger partial charge in [-0.1, -0.05) is 103 Å². The number of hydrogen-bond donors (Lipinski definition) is 0. The third kappa shape index (κ3) is 5.39. The molecule has 2 aromatic rings. The van der Waals surface area contributed by atoms with E-state index in [2.05, 4.69) is 0 Å². The van der Waals surface area contributed by atoms with Gasteiger partial charge in [0.05, 0.1) is 10.1 Å². The second-order valence-electron chi connectivity index (χ2n) is 7.22. The summed E-state index contributed by atoms with van der Waals surface area (Å²) in [5.41, 5.74) is 1.70. The maximum Gasteiger partial charge on any atom is 0.196 e. The Morgan fingerprint density at radius 3 is 1.71 bits per heavy atom. The fraction of sp³-hybridized carbons (Fsp3) is 0.304. The maximum atomic E-state index is 14.2. The average Bonchev–Trinajstić information content (AvgIpc) is 2.75. The van der Waals surface area contributed by atoms with Gasteiger partial charge in [0.15, 0.2) is 7.29 Å². The molecule has 0 heterocycles. The molecular weight excluding hydrogens is 408 g/mol. The summed E-state index contributed by atoms with van der Waals surface area (Å²) in [5.74, 6) is 3.40. The lowest BCUT2D eigenvalue weighted by Gasteiger charge is -2.34. The second kappa shape index (κ2) is 9.94. The Bertz CT molecular complexity index is 814. The van der Waals surface area contributed by atoms with Crippen LogP contribution < -0.4 is 0 Å². The molecule has 0 N–H and O–H groups in total. The first-order chi connectivity index (χ1) is 13.5. The van der Waals surface area contributed by atoms with E-state index in [9.17, 15) is 4.57 Å². The van der Waals surface area contributed by atoms with Crippen LogP contribution in [0.5, 0.6) is 0 Å². The molecule has 0 saturated heterocycles. The molecule has 1 aliphatic carbocycles. The van der Waals surface area contributed by atoms with Crippen LogP contribution in [0.3, 0.4) is 0 Å². The van der Waals surface area contributed by atoms with Gasteiger partial charge in [0, 0.05) is 17.7 Å². The topological polar surface area (TPSA) is 20.3 Å². The van der Waals surface area contributed by atoms with Gasteiger partial charge in [-0.05, 0) is 31.0 Å². The van der Waals surface area contributed by atoms with Crippen molar-refractivity contribution in [3.63, 3.8) is 0 Å². The van der Waals surface area contributed by atoms with Gasteiger partial charge in [-0.2, -0.15) is 0 Å². The summed E-state index contributed by atoms with van der Waals surface area (Å²) in [4.78, 5) is 0. The second-order valence-corrected chi connectivity index (χ2v) is 10.5. The van der Waals surface area contributed by atoms with Gasteiger partial charge < -0.3 is 0 Å². The van der Waals surface area contributed by atoms with E-state index in [0.717, 1.165) is 24.0 Å². The predicted octanol–water partition coefficient (Wildman–Crippen LogP) is 8.00. The van der Waals surface area contributed by atoms with Crippen molar-refractivity contribution in [2.45, 2.75) is 38.1 Å². The predicted molar refractivity (Wildman–Crippen MR) is 123 cm³/mol. The quantitative estimate of drug-likeness (QED) is 0.429. The van der Waals surface area contributed by atoms with Gasteiger partial charge in [0.25, 0.3) is 0 Å². The van der Waals surface area contributed by atoms with Crippen LogP contribution in [0, 0.1) is 0 Å². The van der Waals surface area contributed by atoms with E-state index in [0.29, 0.717) is 10.1 Å². The first-order valence-electron chi connectivity index (χ1n) is 9.70. The van der Waals surface area contributed by atoms with Crippen molar-refractivity contribution >= 4 is 40.6 Å². The molecule has 2 aromatic carbocycles. The molecule has 0 aromatic heterocycles. The molecule has 5 heteroatoms. The Kier molecular flexibility index (Phi) is 7.60. The van der Waals surface area contributed by atoms with E-state index in [1.54, 1.807) is 11.6 Å². The van der Waals surface area contributed by atoms with Crippen molar-refractivity contribution < 1.29 is 4.57 Å². The summed E-state index contributed by atoms with van der Waals surface area (Å²) < 4.78 is 16.2. The average molecular weight is 434 g/mol. The molecule has 1 atom stereocenters.